The molecular formula is C29H44N2O5. The lowest BCUT2D eigenvalue weighted by molar-refractivity contribution is -0.335. The van der Waals surface area contributed by atoms with Gasteiger partial charge in [-0.05, 0) is 107 Å². The lowest BCUT2D eigenvalue weighted by Crippen LogP contribution is -2.44. The normalized spacial score (nSPS) is 34.7. The summed E-state index contributed by atoms with van der Waals surface area (Å²) in [7, 11) is 0. The monoisotopic (exact) mass is 500 g/mol. The van der Waals surface area contributed by atoms with Crippen LogP contribution in [-0.4, -0.2) is 55.0 Å². The third kappa shape index (κ3) is 7.00. The Morgan fingerprint density at radius 2 is 1.61 bits per heavy atom. The van der Waals surface area contributed by atoms with E-state index in [2.05, 4.69) is 19.1 Å². The fourth-order valence-corrected chi connectivity index (χ4v) is 6.83. The molecule has 1 aromatic rings. The van der Waals surface area contributed by atoms with Crippen LogP contribution in [0, 0.1) is 11.8 Å². The van der Waals surface area contributed by atoms with Gasteiger partial charge in [-0.1, -0.05) is 18.6 Å². The van der Waals surface area contributed by atoms with Gasteiger partial charge in [0.05, 0.1) is 24.9 Å². The Hall–Kier alpha value is -1.67. The second-order valence-electron chi connectivity index (χ2n) is 11.7. The Bertz CT molecular complexity index is 827. The van der Waals surface area contributed by atoms with Crippen molar-refractivity contribution in [3.63, 3.8) is 0 Å². The van der Waals surface area contributed by atoms with Crippen molar-refractivity contribution in [1.29, 1.82) is 0 Å². The van der Waals surface area contributed by atoms with Gasteiger partial charge in [-0.2, -0.15) is 0 Å². The number of fused-ring (bicyclic) bond motifs is 9. The summed E-state index contributed by atoms with van der Waals surface area (Å²) < 4.78 is 12.1. The zero-order valence-electron chi connectivity index (χ0n) is 21.8. The van der Waals surface area contributed by atoms with E-state index in [1.54, 1.807) is 4.90 Å². The highest BCUT2D eigenvalue weighted by Gasteiger charge is 2.38. The number of ether oxygens (including phenoxy) is 2. The van der Waals surface area contributed by atoms with Gasteiger partial charge in [0, 0.05) is 19.1 Å². The summed E-state index contributed by atoms with van der Waals surface area (Å²) in [5.41, 5.74) is 7.20. The van der Waals surface area contributed by atoms with Crippen LogP contribution in [0.4, 0.5) is 4.79 Å². The zero-order valence-corrected chi connectivity index (χ0v) is 21.8. The van der Waals surface area contributed by atoms with E-state index in [0.29, 0.717) is 55.4 Å². The van der Waals surface area contributed by atoms with Crippen LogP contribution >= 0.6 is 0 Å². The summed E-state index contributed by atoms with van der Waals surface area (Å²) in [5, 5.41) is 0. The number of amides is 1. The van der Waals surface area contributed by atoms with Gasteiger partial charge in [0.2, 0.25) is 0 Å². The fourth-order valence-electron chi connectivity index (χ4n) is 6.83. The van der Waals surface area contributed by atoms with E-state index in [-0.39, 0.29) is 18.2 Å². The summed E-state index contributed by atoms with van der Waals surface area (Å²) >= 11 is 0. The maximum absolute atomic E-state index is 12.5. The van der Waals surface area contributed by atoms with Crippen LogP contribution in [0.1, 0.15) is 89.0 Å². The molecule has 4 unspecified atom stereocenters. The Morgan fingerprint density at radius 3 is 2.33 bits per heavy atom. The van der Waals surface area contributed by atoms with E-state index in [9.17, 15) is 4.79 Å². The SMILES string of the molecule is CC1CCCC(c2ccc(OC(=O)N3CCC(N)CC3)cc2)CCOOC2CC3CC(C2)CC(C3)O1. The van der Waals surface area contributed by atoms with Gasteiger partial charge >= 0.3 is 6.09 Å². The Labute approximate surface area is 215 Å². The number of nitrogens with two attached hydrogens (primary N) is 1. The van der Waals surface area contributed by atoms with Gasteiger partial charge in [0.15, 0.2) is 0 Å². The summed E-state index contributed by atoms with van der Waals surface area (Å²) in [4.78, 5) is 25.9. The molecule has 7 nitrogen and oxygen atoms in total. The van der Waals surface area contributed by atoms with Gasteiger partial charge in [0.1, 0.15) is 5.75 Å². The number of rotatable bonds is 2. The van der Waals surface area contributed by atoms with Crippen molar-refractivity contribution in [1.82, 2.24) is 4.90 Å². The summed E-state index contributed by atoms with van der Waals surface area (Å²) in [6.45, 7) is 4.16. The highest BCUT2D eigenvalue weighted by Crippen LogP contribution is 2.42. The van der Waals surface area contributed by atoms with E-state index in [4.69, 9.17) is 25.0 Å². The van der Waals surface area contributed by atoms with Gasteiger partial charge in [0.25, 0.3) is 0 Å². The molecule has 4 bridgehead atoms. The van der Waals surface area contributed by atoms with Crippen molar-refractivity contribution < 1.29 is 24.0 Å². The molecule has 5 aliphatic rings. The zero-order chi connectivity index (χ0) is 24.9. The lowest BCUT2D eigenvalue weighted by atomic mass is 9.70. The Balaban J connectivity index is 1.18. The molecule has 3 aliphatic heterocycles. The van der Waals surface area contributed by atoms with Crippen LogP contribution < -0.4 is 10.5 Å². The first-order valence-electron chi connectivity index (χ1n) is 14.3. The van der Waals surface area contributed by atoms with Crippen LogP contribution in [0.25, 0.3) is 0 Å². The molecule has 4 atom stereocenters. The molecule has 1 aromatic carbocycles. The van der Waals surface area contributed by atoms with Crippen molar-refractivity contribution in [3.05, 3.63) is 29.8 Å². The first-order chi connectivity index (χ1) is 17.5. The number of carbonyl (C=O) groups is 1. The minimum atomic E-state index is -0.286. The van der Waals surface area contributed by atoms with E-state index < -0.39 is 0 Å². The highest BCUT2D eigenvalue weighted by atomic mass is 17.2. The van der Waals surface area contributed by atoms with Gasteiger partial charge < -0.3 is 20.1 Å². The number of piperidine rings is 1. The van der Waals surface area contributed by atoms with Gasteiger partial charge in [-0.3, -0.25) is 0 Å². The number of hydrogen-bond donors (Lipinski definition) is 1. The molecule has 7 heteroatoms. The minimum absolute atomic E-state index is 0.187. The van der Waals surface area contributed by atoms with Crippen LogP contribution in [0.5, 0.6) is 5.75 Å². The number of carbonyl (C=O) groups excluding carboxylic acids is 1. The van der Waals surface area contributed by atoms with Crippen LogP contribution in [0.3, 0.4) is 0 Å². The average molecular weight is 501 g/mol. The first kappa shape index (κ1) is 26.0. The summed E-state index contributed by atoms with van der Waals surface area (Å²) in [5.74, 6) is 2.37. The van der Waals surface area contributed by atoms with Crippen LogP contribution in [0.15, 0.2) is 24.3 Å². The molecule has 0 radical (unpaired) electrons. The van der Waals surface area contributed by atoms with E-state index in [1.165, 1.54) is 24.8 Å². The predicted octanol–water partition coefficient (Wildman–Crippen LogP) is 5.57. The molecule has 200 valence electrons. The standard InChI is InChI=1S/C29H44N2O5/c1-20-3-2-4-23(11-14-33-36-28-18-21-15-22(19-28)17-27(16-21)34-20)24-5-7-26(8-6-24)35-29(32)31-12-9-25(30)10-13-31/h5-8,20-23,25,27-28H,2-4,9-19,30H2,1H3. The van der Waals surface area contributed by atoms with Gasteiger partial charge in [-0.25, -0.2) is 14.6 Å². The van der Waals surface area contributed by atoms with Gasteiger partial charge in [-0.15, -0.1) is 0 Å². The molecule has 2 N–H and O–H groups in total. The molecule has 2 aliphatic carbocycles. The first-order valence-corrected chi connectivity index (χ1v) is 14.3. The van der Waals surface area contributed by atoms with Crippen molar-refractivity contribution in [2.24, 2.45) is 17.6 Å². The van der Waals surface area contributed by atoms with E-state index >= 15 is 0 Å². The van der Waals surface area contributed by atoms with E-state index in [1.807, 2.05) is 12.1 Å². The molecular weight excluding hydrogens is 456 g/mol. The molecule has 0 aromatic heterocycles. The van der Waals surface area contributed by atoms with Crippen molar-refractivity contribution in [2.75, 3.05) is 19.7 Å². The molecule has 3 saturated heterocycles. The molecule has 6 rings (SSSR count). The number of hydrogen-bond acceptors (Lipinski definition) is 6. The minimum Gasteiger partial charge on any atom is -0.410 e. The largest absolute Gasteiger partial charge is 0.415 e. The molecule has 3 heterocycles. The molecule has 5 fully saturated rings. The molecule has 36 heavy (non-hydrogen) atoms. The lowest BCUT2D eigenvalue weighted by Gasteiger charge is -2.42. The Kier molecular flexibility index (Phi) is 8.83. The third-order valence-electron chi connectivity index (χ3n) is 8.75. The molecule has 1 amide bonds. The Morgan fingerprint density at radius 1 is 0.917 bits per heavy atom. The average Bonchev–Trinajstić information content (AvgIpc) is 2.86. The predicted molar refractivity (Wildman–Crippen MR) is 138 cm³/mol. The second-order valence-corrected chi connectivity index (χ2v) is 11.7. The third-order valence-corrected chi connectivity index (χ3v) is 8.75. The van der Waals surface area contributed by atoms with Crippen molar-refractivity contribution in [3.8, 4) is 5.75 Å². The topological polar surface area (TPSA) is 83.3 Å². The number of nitrogens with zero attached hydrogens (tertiary/aromatic N) is 1. The van der Waals surface area contributed by atoms with Crippen LogP contribution in [-0.2, 0) is 14.5 Å². The fraction of sp³-hybridized carbons (Fsp3) is 0.759. The molecule has 2 saturated carbocycles. The summed E-state index contributed by atoms with van der Waals surface area (Å²) in [6.07, 6.45) is 12.3. The maximum Gasteiger partial charge on any atom is 0.415 e. The van der Waals surface area contributed by atoms with E-state index in [0.717, 1.165) is 51.4 Å². The van der Waals surface area contributed by atoms with Crippen molar-refractivity contribution in [2.45, 2.75) is 108 Å². The second kappa shape index (κ2) is 12.2. The quantitative estimate of drug-likeness (QED) is 0.535. The van der Waals surface area contributed by atoms with Crippen molar-refractivity contribution >= 4 is 6.09 Å². The smallest absolute Gasteiger partial charge is 0.410 e. The maximum atomic E-state index is 12.5. The van der Waals surface area contributed by atoms with Crippen LogP contribution in [0.2, 0.25) is 0 Å². The summed E-state index contributed by atoms with van der Waals surface area (Å²) in [6, 6.07) is 8.20. The highest BCUT2D eigenvalue weighted by molar-refractivity contribution is 5.70. The molecule has 0 spiro atoms. The number of likely N-dealkylation sites (tertiary alicyclic amines) is 1. The number of benzene rings is 1.